The van der Waals surface area contributed by atoms with Crippen LogP contribution in [0.1, 0.15) is 25.2 Å². The predicted octanol–water partition coefficient (Wildman–Crippen LogP) is 2.15. The van der Waals surface area contributed by atoms with Crippen molar-refractivity contribution in [2.45, 2.75) is 36.3 Å². The van der Waals surface area contributed by atoms with Crippen LogP contribution in [-0.2, 0) is 13.0 Å². The van der Waals surface area contributed by atoms with Gasteiger partial charge in [0.15, 0.2) is 9.50 Å². The number of nitrogens with zero attached hydrogens (tertiary/aromatic N) is 4. The van der Waals surface area contributed by atoms with Crippen LogP contribution in [0.2, 0.25) is 0 Å². The number of rotatable bonds is 6. The molecule has 96 valence electrons. The van der Waals surface area contributed by atoms with E-state index in [1.807, 2.05) is 19.3 Å². The van der Waals surface area contributed by atoms with Gasteiger partial charge < -0.3 is 5.32 Å². The quantitative estimate of drug-likeness (QED) is 0.819. The fraction of sp³-hybridized carbons (Fsp3) is 0.455. The molecule has 0 saturated carbocycles. The van der Waals surface area contributed by atoms with E-state index in [0.29, 0.717) is 5.16 Å². The topological polar surface area (TPSA) is 63.6 Å². The minimum atomic E-state index is 0.717. The third-order valence-electron chi connectivity index (χ3n) is 2.21. The molecule has 2 aromatic rings. The fourth-order valence-corrected chi connectivity index (χ4v) is 2.76. The van der Waals surface area contributed by atoms with Crippen LogP contribution < -0.4 is 5.32 Å². The van der Waals surface area contributed by atoms with Crippen LogP contribution in [0.4, 0.5) is 0 Å². The van der Waals surface area contributed by atoms with E-state index in [0.717, 1.165) is 35.2 Å². The summed E-state index contributed by atoms with van der Waals surface area (Å²) in [6.45, 7) is 5.87. The highest BCUT2D eigenvalue weighted by molar-refractivity contribution is 8.00. The molecule has 0 aromatic carbocycles. The highest BCUT2D eigenvalue weighted by Crippen LogP contribution is 2.25. The molecule has 0 bridgehead atoms. The Morgan fingerprint density at radius 3 is 2.67 bits per heavy atom. The van der Waals surface area contributed by atoms with E-state index < -0.39 is 0 Å². The molecule has 0 aliphatic heterocycles. The van der Waals surface area contributed by atoms with Crippen LogP contribution in [-0.4, -0.2) is 25.9 Å². The van der Waals surface area contributed by atoms with E-state index in [1.165, 1.54) is 23.3 Å². The summed E-state index contributed by atoms with van der Waals surface area (Å²) < 4.78 is 5.13. The van der Waals surface area contributed by atoms with Gasteiger partial charge in [0.25, 0.3) is 0 Å². The third kappa shape index (κ3) is 3.72. The van der Waals surface area contributed by atoms with Crippen LogP contribution in [0.3, 0.4) is 0 Å². The molecule has 18 heavy (non-hydrogen) atoms. The molecule has 0 fully saturated rings. The lowest BCUT2D eigenvalue weighted by atomic mass is 10.3. The number of nitrogens with one attached hydrogen (secondary N) is 1. The number of aromatic nitrogens is 4. The summed E-state index contributed by atoms with van der Waals surface area (Å²) in [5.41, 5.74) is 1.09. The van der Waals surface area contributed by atoms with Crippen molar-refractivity contribution in [2.24, 2.45) is 0 Å². The first-order valence-corrected chi connectivity index (χ1v) is 7.43. The van der Waals surface area contributed by atoms with Crippen LogP contribution in [0, 0.1) is 0 Å². The van der Waals surface area contributed by atoms with E-state index >= 15 is 0 Å². The molecule has 0 radical (unpaired) electrons. The zero-order valence-corrected chi connectivity index (χ0v) is 12.0. The van der Waals surface area contributed by atoms with Crippen molar-refractivity contribution in [3.63, 3.8) is 0 Å². The lowest BCUT2D eigenvalue weighted by Gasteiger charge is -2.01. The van der Waals surface area contributed by atoms with Crippen molar-refractivity contribution in [1.82, 2.24) is 24.6 Å². The van der Waals surface area contributed by atoms with Gasteiger partial charge in [0.1, 0.15) is 5.82 Å². The van der Waals surface area contributed by atoms with Crippen molar-refractivity contribution in [1.29, 1.82) is 0 Å². The first kappa shape index (κ1) is 13.4. The minimum absolute atomic E-state index is 0.717. The highest BCUT2D eigenvalue weighted by atomic mass is 32.2. The summed E-state index contributed by atoms with van der Waals surface area (Å²) in [6, 6.07) is 0. The minimum Gasteiger partial charge on any atom is -0.313 e. The zero-order valence-electron chi connectivity index (χ0n) is 10.4. The molecule has 2 rings (SSSR count). The van der Waals surface area contributed by atoms with Gasteiger partial charge in [-0.3, -0.25) is 0 Å². The summed E-state index contributed by atoms with van der Waals surface area (Å²) in [5, 5.41) is 3.95. The summed E-state index contributed by atoms with van der Waals surface area (Å²) in [4.78, 5) is 13.0. The maximum Gasteiger partial charge on any atom is 0.194 e. The molecule has 0 aliphatic carbocycles. The monoisotopic (exact) mass is 281 g/mol. The SMILES string of the molecule is CCNCc1cnc(Sc2nc(CC)ns2)nc1. The Kier molecular flexibility index (Phi) is 5.03. The normalized spacial score (nSPS) is 10.8. The molecule has 2 aromatic heterocycles. The van der Waals surface area contributed by atoms with Crippen LogP contribution in [0.25, 0.3) is 0 Å². The third-order valence-corrected chi connectivity index (χ3v) is 3.89. The average molecular weight is 281 g/mol. The molecule has 0 amide bonds. The van der Waals surface area contributed by atoms with Gasteiger partial charge in [-0.15, -0.1) is 0 Å². The second-order valence-electron chi connectivity index (χ2n) is 3.59. The standard InChI is InChI=1S/C11H15N5S2/c1-3-9-15-11(18-16-9)17-10-13-6-8(7-14-10)5-12-4-2/h6-7,12H,3-5H2,1-2H3. The maximum atomic E-state index is 4.37. The summed E-state index contributed by atoms with van der Waals surface area (Å²) >= 11 is 2.86. The summed E-state index contributed by atoms with van der Waals surface area (Å²) in [6.07, 6.45) is 4.55. The second kappa shape index (κ2) is 6.77. The molecule has 1 N–H and O–H groups in total. The van der Waals surface area contributed by atoms with Crippen LogP contribution in [0.15, 0.2) is 21.9 Å². The van der Waals surface area contributed by atoms with Gasteiger partial charge in [0, 0.05) is 30.9 Å². The first-order valence-electron chi connectivity index (χ1n) is 5.84. The summed E-state index contributed by atoms with van der Waals surface area (Å²) in [7, 11) is 0. The van der Waals surface area contributed by atoms with Crippen molar-refractivity contribution in [2.75, 3.05) is 6.54 Å². The Morgan fingerprint density at radius 1 is 1.28 bits per heavy atom. The van der Waals surface area contributed by atoms with Gasteiger partial charge in [-0.05, 0) is 29.8 Å². The van der Waals surface area contributed by atoms with Gasteiger partial charge in [0.05, 0.1) is 0 Å². The fourth-order valence-electron chi connectivity index (χ4n) is 1.26. The molecule has 7 heteroatoms. The Bertz CT molecular complexity index is 482. The van der Waals surface area contributed by atoms with Crippen molar-refractivity contribution in [3.8, 4) is 0 Å². The Hall–Kier alpha value is -1.05. The highest BCUT2D eigenvalue weighted by Gasteiger charge is 2.06. The van der Waals surface area contributed by atoms with E-state index in [1.54, 1.807) is 0 Å². The molecular weight excluding hydrogens is 266 g/mol. The molecule has 0 aliphatic rings. The lowest BCUT2D eigenvalue weighted by molar-refractivity contribution is 0.716. The van der Waals surface area contributed by atoms with Gasteiger partial charge >= 0.3 is 0 Å². The molecule has 0 spiro atoms. The second-order valence-corrected chi connectivity index (χ2v) is 5.55. The van der Waals surface area contributed by atoms with Gasteiger partial charge in [0.2, 0.25) is 0 Å². The summed E-state index contributed by atoms with van der Waals surface area (Å²) in [5.74, 6) is 0.881. The predicted molar refractivity (Wildman–Crippen MR) is 72.8 cm³/mol. The molecule has 0 unspecified atom stereocenters. The van der Waals surface area contributed by atoms with Crippen molar-refractivity contribution < 1.29 is 0 Å². The molecule has 0 saturated heterocycles. The largest absolute Gasteiger partial charge is 0.313 e. The van der Waals surface area contributed by atoms with Gasteiger partial charge in [-0.2, -0.15) is 4.37 Å². The van der Waals surface area contributed by atoms with E-state index in [2.05, 4.69) is 31.6 Å². The number of hydrogen-bond donors (Lipinski definition) is 1. The average Bonchev–Trinajstić information content (AvgIpc) is 2.86. The van der Waals surface area contributed by atoms with Crippen LogP contribution >= 0.6 is 23.3 Å². The zero-order chi connectivity index (χ0) is 12.8. The molecular formula is C11H15N5S2. The van der Waals surface area contributed by atoms with Gasteiger partial charge in [-0.1, -0.05) is 13.8 Å². The Labute approximate surface area is 115 Å². The van der Waals surface area contributed by atoms with E-state index in [4.69, 9.17) is 0 Å². The lowest BCUT2D eigenvalue weighted by Crippen LogP contribution is -2.12. The van der Waals surface area contributed by atoms with E-state index in [9.17, 15) is 0 Å². The van der Waals surface area contributed by atoms with Crippen LogP contribution in [0.5, 0.6) is 0 Å². The maximum absolute atomic E-state index is 4.37. The Morgan fingerprint density at radius 2 is 2.06 bits per heavy atom. The van der Waals surface area contributed by atoms with Crippen molar-refractivity contribution in [3.05, 3.63) is 23.8 Å². The Balaban J connectivity index is 1.97. The van der Waals surface area contributed by atoms with Crippen molar-refractivity contribution >= 4 is 23.3 Å². The number of hydrogen-bond acceptors (Lipinski definition) is 7. The van der Waals surface area contributed by atoms with Gasteiger partial charge in [-0.25, -0.2) is 15.0 Å². The smallest absolute Gasteiger partial charge is 0.194 e. The number of aryl methyl sites for hydroxylation is 1. The van der Waals surface area contributed by atoms with E-state index in [-0.39, 0.29) is 0 Å². The first-order chi connectivity index (χ1) is 8.81. The molecule has 2 heterocycles. The molecule has 0 atom stereocenters. The molecule has 5 nitrogen and oxygen atoms in total.